The molecule has 0 aliphatic carbocycles. The Morgan fingerprint density at radius 1 is 1.20 bits per heavy atom. The Morgan fingerprint density at radius 2 is 1.75 bits per heavy atom. The summed E-state index contributed by atoms with van der Waals surface area (Å²) in [6.45, 7) is 8.77. The van der Waals surface area contributed by atoms with Gasteiger partial charge in [-0.1, -0.05) is 39.3 Å². The monoisotopic (exact) mass is 298 g/mol. The molecule has 4 nitrogen and oxygen atoms in total. The lowest BCUT2D eigenvalue weighted by Crippen LogP contribution is -2.23. The van der Waals surface area contributed by atoms with Crippen LogP contribution in [0.1, 0.15) is 40.5 Å². The topological polar surface area (TPSA) is 55.2 Å². The lowest BCUT2D eigenvalue weighted by atomic mass is 9.95. The molecule has 0 fully saturated rings. The maximum Gasteiger partial charge on any atom is 0.288 e. The second-order valence-corrected chi connectivity index (χ2v) is 6.43. The largest absolute Gasteiger partial charge is 0.382 e. The minimum atomic E-state index is -0.466. The van der Waals surface area contributed by atoms with Gasteiger partial charge in [-0.3, -0.25) is 10.1 Å². The van der Waals surface area contributed by atoms with Gasteiger partial charge in [-0.2, -0.15) is 0 Å². The molecule has 0 unspecified atom stereocenters. The maximum absolute atomic E-state index is 10.7. The SMILES string of the molecule is CC(C)CC(CC(C)C)Nc1ccc([N+](=O)[O-])c(Cl)c1. The summed E-state index contributed by atoms with van der Waals surface area (Å²) < 4.78 is 0. The summed E-state index contributed by atoms with van der Waals surface area (Å²) in [5.41, 5.74) is 0.786. The van der Waals surface area contributed by atoms with Gasteiger partial charge in [0.15, 0.2) is 0 Å². The molecule has 1 aromatic rings. The zero-order valence-electron chi connectivity index (χ0n) is 12.5. The van der Waals surface area contributed by atoms with Crippen molar-refractivity contribution in [2.24, 2.45) is 11.8 Å². The molecule has 112 valence electrons. The zero-order valence-corrected chi connectivity index (χ0v) is 13.3. The van der Waals surface area contributed by atoms with Crippen LogP contribution in [-0.2, 0) is 0 Å². The fraction of sp³-hybridized carbons (Fsp3) is 0.600. The van der Waals surface area contributed by atoms with Gasteiger partial charge in [0.05, 0.1) is 4.92 Å². The van der Waals surface area contributed by atoms with Crippen LogP contribution in [0.4, 0.5) is 11.4 Å². The molecule has 0 saturated carbocycles. The number of nitro benzene ring substituents is 1. The highest BCUT2D eigenvalue weighted by molar-refractivity contribution is 6.32. The Hall–Kier alpha value is -1.29. The van der Waals surface area contributed by atoms with Gasteiger partial charge in [-0.05, 0) is 36.8 Å². The van der Waals surface area contributed by atoms with Gasteiger partial charge in [0.25, 0.3) is 5.69 Å². The van der Waals surface area contributed by atoms with E-state index in [0.717, 1.165) is 18.5 Å². The molecule has 5 heteroatoms. The van der Waals surface area contributed by atoms with Crippen molar-refractivity contribution in [2.45, 2.75) is 46.6 Å². The van der Waals surface area contributed by atoms with Gasteiger partial charge in [0.2, 0.25) is 0 Å². The third-order valence-corrected chi connectivity index (χ3v) is 3.33. The molecule has 20 heavy (non-hydrogen) atoms. The van der Waals surface area contributed by atoms with Gasteiger partial charge >= 0.3 is 0 Å². The van der Waals surface area contributed by atoms with Gasteiger partial charge in [0, 0.05) is 17.8 Å². The molecular formula is C15H23ClN2O2. The minimum absolute atomic E-state index is 0.0542. The molecule has 0 saturated heterocycles. The van der Waals surface area contributed by atoms with Gasteiger partial charge in [-0.15, -0.1) is 0 Å². The third-order valence-electron chi connectivity index (χ3n) is 3.03. The Labute approximate surface area is 125 Å². The first-order valence-electron chi connectivity index (χ1n) is 7.00. The number of hydrogen-bond acceptors (Lipinski definition) is 3. The fourth-order valence-corrected chi connectivity index (χ4v) is 2.58. The van der Waals surface area contributed by atoms with Crippen LogP contribution in [0.25, 0.3) is 0 Å². The molecule has 0 bridgehead atoms. The van der Waals surface area contributed by atoms with Crippen molar-refractivity contribution in [3.05, 3.63) is 33.3 Å². The van der Waals surface area contributed by atoms with E-state index in [1.54, 1.807) is 12.1 Å². The number of benzene rings is 1. The Bertz CT molecular complexity index is 451. The highest BCUT2D eigenvalue weighted by Gasteiger charge is 2.16. The average Bonchev–Trinajstić information content (AvgIpc) is 2.26. The van der Waals surface area contributed by atoms with Crippen LogP contribution in [0.5, 0.6) is 0 Å². The molecule has 1 aromatic carbocycles. The van der Waals surface area contributed by atoms with Crippen LogP contribution >= 0.6 is 11.6 Å². The number of nitro groups is 1. The Balaban J connectivity index is 2.82. The fourth-order valence-electron chi connectivity index (χ4n) is 2.33. The molecule has 0 heterocycles. The second kappa shape index (κ2) is 7.48. The van der Waals surface area contributed by atoms with Crippen molar-refractivity contribution in [3.8, 4) is 0 Å². The molecular weight excluding hydrogens is 276 g/mol. The summed E-state index contributed by atoms with van der Waals surface area (Å²) in [5.74, 6) is 1.19. The quantitative estimate of drug-likeness (QED) is 0.561. The highest BCUT2D eigenvalue weighted by atomic mass is 35.5. The first-order valence-corrected chi connectivity index (χ1v) is 7.37. The summed E-state index contributed by atoms with van der Waals surface area (Å²) in [6.07, 6.45) is 2.12. The standard InChI is InChI=1S/C15H23ClN2O2/c1-10(2)7-13(8-11(3)4)17-12-5-6-15(18(19)20)14(16)9-12/h5-6,9-11,13,17H,7-8H2,1-4H3. The molecule has 0 spiro atoms. The minimum Gasteiger partial charge on any atom is -0.382 e. The van der Waals surface area contributed by atoms with E-state index in [0.29, 0.717) is 17.9 Å². The molecule has 0 aromatic heterocycles. The smallest absolute Gasteiger partial charge is 0.288 e. The Kier molecular flexibility index (Phi) is 6.27. The first-order chi connectivity index (χ1) is 9.29. The predicted octanol–water partition coefficient (Wildman–Crippen LogP) is 5.12. The lowest BCUT2D eigenvalue weighted by molar-refractivity contribution is -0.384. The van der Waals surface area contributed by atoms with Crippen molar-refractivity contribution >= 4 is 23.0 Å². The predicted molar refractivity (Wildman–Crippen MR) is 84.4 cm³/mol. The van der Waals surface area contributed by atoms with Crippen LogP contribution in [-0.4, -0.2) is 11.0 Å². The number of rotatable bonds is 7. The van der Waals surface area contributed by atoms with E-state index in [1.165, 1.54) is 6.07 Å². The number of nitrogens with one attached hydrogen (secondary N) is 1. The van der Waals surface area contributed by atoms with Gasteiger partial charge < -0.3 is 5.32 Å². The summed E-state index contributed by atoms with van der Waals surface area (Å²) in [6, 6.07) is 5.16. The van der Waals surface area contributed by atoms with Crippen LogP contribution in [0.2, 0.25) is 5.02 Å². The summed E-state index contributed by atoms with van der Waals surface area (Å²) in [5, 5.41) is 14.4. The van der Waals surface area contributed by atoms with E-state index in [1.807, 2.05) is 0 Å². The molecule has 0 amide bonds. The highest BCUT2D eigenvalue weighted by Crippen LogP contribution is 2.28. The Morgan fingerprint density at radius 3 is 2.15 bits per heavy atom. The normalized spacial score (nSPS) is 11.4. The number of hydrogen-bond donors (Lipinski definition) is 1. The third kappa shape index (κ3) is 5.37. The summed E-state index contributed by atoms with van der Waals surface area (Å²) >= 11 is 5.94. The summed E-state index contributed by atoms with van der Waals surface area (Å²) in [7, 11) is 0. The molecule has 0 aliphatic rings. The number of anilines is 1. The van der Waals surface area contributed by atoms with E-state index in [2.05, 4.69) is 33.0 Å². The van der Waals surface area contributed by atoms with Crippen molar-refractivity contribution in [1.82, 2.24) is 0 Å². The number of nitrogens with zero attached hydrogens (tertiary/aromatic N) is 1. The van der Waals surface area contributed by atoms with E-state index in [4.69, 9.17) is 11.6 Å². The van der Waals surface area contributed by atoms with Crippen LogP contribution in [0, 0.1) is 22.0 Å². The maximum atomic E-state index is 10.7. The van der Waals surface area contributed by atoms with Crippen molar-refractivity contribution in [3.63, 3.8) is 0 Å². The van der Waals surface area contributed by atoms with Crippen LogP contribution < -0.4 is 5.32 Å². The van der Waals surface area contributed by atoms with E-state index >= 15 is 0 Å². The van der Waals surface area contributed by atoms with Gasteiger partial charge in [0.1, 0.15) is 5.02 Å². The van der Waals surface area contributed by atoms with Crippen LogP contribution in [0.3, 0.4) is 0 Å². The van der Waals surface area contributed by atoms with Crippen LogP contribution in [0.15, 0.2) is 18.2 Å². The molecule has 0 radical (unpaired) electrons. The lowest BCUT2D eigenvalue weighted by Gasteiger charge is -2.23. The molecule has 0 atom stereocenters. The second-order valence-electron chi connectivity index (χ2n) is 6.02. The molecule has 1 N–H and O–H groups in total. The van der Waals surface area contributed by atoms with Gasteiger partial charge in [-0.25, -0.2) is 0 Å². The van der Waals surface area contributed by atoms with E-state index in [9.17, 15) is 10.1 Å². The van der Waals surface area contributed by atoms with Crippen molar-refractivity contribution in [2.75, 3.05) is 5.32 Å². The number of halogens is 1. The van der Waals surface area contributed by atoms with E-state index in [-0.39, 0.29) is 10.7 Å². The summed E-state index contributed by atoms with van der Waals surface area (Å²) in [4.78, 5) is 10.3. The van der Waals surface area contributed by atoms with Crippen molar-refractivity contribution in [1.29, 1.82) is 0 Å². The molecule has 1 rings (SSSR count). The molecule has 0 aliphatic heterocycles. The van der Waals surface area contributed by atoms with Crippen molar-refractivity contribution < 1.29 is 4.92 Å². The zero-order chi connectivity index (χ0) is 15.3. The average molecular weight is 299 g/mol. The first kappa shape index (κ1) is 16.8. The van der Waals surface area contributed by atoms with E-state index < -0.39 is 4.92 Å².